The van der Waals surface area contributed by atoms with Crippen molar-refractivity contribution in [1.82, 2.24) is 4.98 Å². The lowest BCUT2D eigenvalue weighted by molar-refractivity contribution is 0.101. The van der Waals surface area contributed by atoms with E-state index in [4.69, 9.17) is 4.74 Å². The minimum atomic E-state index is 0.0621. The highest BCUT2D eigenvalue weighted by Gasteiger charge is 2.09. The Kier molecular flexibility index (Phi) is 2.77. The maximum Gasteiger partial charge on any atom is 0.161 e. The molecule has 0 bridgehead atoms. The molecular formula is C13H13NO2. The van der Waals surface area contributed by atoms with E-state index in [1.807, 2.05) is 30.5 Å². The Morgan fingerprint density at radius 1 is 1.19 bits per heavy atom. The molecule has 0 aliphatic carbocycles. The van der Waals surface area contributed by atoms with Crippen LogP contribution in [0.1, 0.15) is 17.3 Å². The van der Waals surface area contributed by atoms with Crippen molar-refractivity contribution in [2.24, 2.45) is 0 Å². The van der Waals surface area contributed by atoms with Crippen molar-refractivity contribution in [2.75, 3.05) is 7.11 Å². The summed E-state index contributed by atoms with van der Waals surface area (Å²) in [5.74, 6) is 0.871. The lowest BCUT2D eigenvalue weighted by atomic mass is 10.0. The summed E-state index contributed by atoms with van der Waals surface area (Å²) >= 11 is 0. The molecule has 82 valence electrons. The van der Waals surface area contributed by atoms with E-state index in [0.29, 0.717) is 5.56 Å². The third-order valence-corrected chi connectivity index (χ3v) is 2.53. The number of aromatic nitrogens is 1. The molecule has 1 N–H and O–H groups in total. The first kappa shape index (κ1) is 10.5. The average Bonchev–Trinajstić information content (AvgIpc) is 2.78. The minimum Gasteiger partial charge on any atom is -0.497 e. The molecule has 0 spiro atoms. The van der Waals surface area contributed by atoms with Gasteiger partial charge in [-0.15, -0.1) is 0 Å². The minimum absolute atomic E-state index is 0.0621. The van der Waals surface area contributed by atoms with Crippen LogP contribution in [-0.4, -0.2) is 17.9 Å². The number of carbonyl (C=O) groups excluding carboxylic acids is 1. The summed E-state index contributed by atoms with van der Waals surface area (Å²) in [6, 6.07) is 7.64. The number of benzene rings is 1. The van der Waals surface area contributed by atoms with Crippen molar-refractivity contribution in [1.29, 1.82) is 0 Å². The Bertz CT molecular complexity index is 497. The zero-order valence-electron chi connectivity index (χ0n) is 9.28. The van der Waals surface area contributed by atoms with E-state index in [9.17, 15) is 4.79 Å². The first-order valence-electron chi connectivity index (χ1n) is 5.04. The van der Waals surface area contributed by atoms with E-state index in [1.54, 1.807) is 20.2 Å². The first-order chi connectivity index (χ1) is 7.72. The number of aromatic amines is 1. The molecule has 0 atom stereocenters. The van der Waals surface area contributed by atoms with E-state index in [2.05, 4.69) is 4.98 Å². The lowest BCUT2D eigenvalue weighted by Gasteiger charge is -2.03. The van der Waals surface area contributed by atoms with Crippen LogP contribution in [0, 0.1) is 0 Å². The summed E-state index contributed by atoms with van der Waals surface area (Å²) in [4.78, 5) is 14.3. The van der Waals surface area contributed by atoms with Gasteiger partial charge >= 0.3 is 0 Å². The number of hydrogen-bond donors (Lipinski definition) is 1. The predicted octanol–water partition coefficient (Wildman–Crippen LogP) is 2.89. The normalized spacial score (nSPS) is 10.1. The van der Waals surface area contributed by atoms with Crippen molar-refractivity contribution >= 4 is 5.78 Å². The highest BCUT2D eigenvalue weighted by atomic mass is 16.5. The Morgan fingerprint density at radius 2 is 1.88 bits per heavy atom. The highest BCUT2D eigenvalue weighted by molar-refractivity contribution is 6.00. The van der Waals surface area contributed by atoms with Gasteiger partial charge in [-0.1, -0.05) is 12.1 Å². The summed E-state index contributed by atoms with van der Waals surface area (Å²) in [6.45, 7) is 1.57. The van der Waals surface area contributed by atoms with Crippen LogP contribution < -0.4 is 4.74 Å². The molecule has 2 aromatic rings. The van der Waals surface area contributed by atoms with Crippen LogP contribution in [0.4, 0.5) is 0 Å². The molecule has 1 aromatic heterocycles. The second-order valence-corrected chi connectivity index (χ2v) is 3.57. The third kappa shape index (κ3) is 1.84. The molecule has 3 nitrogen and oxygen atoms in total. The van der Waals surface area contributed by atoms with Gasteiger partial charge in [0.25, 0.3) is 0 Å². The number of methoxy groups -OCH3 is 1. The molecule has 2 rings (SSSR count). The van der Waals surface area contributed by atoms with Crippen molar-refractivity contribution in [3.63, 3.8) is 0 Å². The van der Waals surface area contributed by atoms with Gasteiger partial charge in [0.1, 0.15) is 5.75 Å². The van der Waals surface area contributed by atoms with Crippen LogP contribution in [0.5, 0.6) is 5.75 Å². The fourth-order valence-corrected chi connectivity index (χ4v) is 1.66. The van der Waals surface area contributed by atoms with E-state index < -0.39 is 0 Å². The van der Waals surface area contributed by atoms with Gasteiger partial charge in [-0.25, -0.2) is 0 Å². The Morgan fingerprint density at radius 3 is 2.44 bits per heavy atom. The molecule has 3 heteroatoms. The topological polar surface area (TPSA) is 42.1 Å². The van der Waals surface area contributed by atoms with Gasteiger partial charge in [-0.3, -0.25) is 4.79 Å². The fraction of sp³-hybridized carbons (Fsp3) is 0.154. The summed E-state index contributed by atoms with van der Waals surface area (Å²) in [5.41, 5.74) is 2.65. The van der Waals surface area contributed by atoms with Gasteiger partial charge in [0.15, 0.2) is 5.78 Å². The molecule has 0 saturated heterocycles. The number of Topliss-reactive ketones (excluding diaryl/α,β-unsaturated/α-hetero) is 1. The number of ether oxygens (including phenoxy) is 1. The first-order valence-corrected chi connectivity index (χ1v) is 5.04. The molecule has 0 radical (unpaired) electrons. The Hall–Kier alpha value is -2.03. The molecular weight excluding hydrogens is 202 g/mol. The summed E-state index contributed by atoms with van der Waals surface area (Å²) in [6.07, 6.45) is 3.56. The molecule has 0 fully saturated rings. The summed E-state index contributed by atoms with van der Waals surface area (Å²) in [5, 5.41) is 0. The van der Waals surface area contributed by atoms with Crippen molar-refractivity contribution < 1.29 is 9.53 Å². The standard InChI is InChI=1S/C13H13NO2/c1-9(15)12-7-14-8-13(12)10-3-5-11(16-2)6-4-10/h3-8,14H,1-2H3. The number of rotatable bonds is 3. The van der Waals surface area contributed by atoms with Crippen LogP contribution >= 0.6 is 0 Å². The number of hydrogen-bond acceptors (Lipinski definition) is 2. The fourth-order valence-electron chi connectivity index (χ4n) is 1.66. The molecule has 0 aliphatic rings. The van der Waals surface area contributed by atoms with E-state index >= 15 is 0 Å². The van der Waals surface area contributed by atoms with Crippen molar-refractivity contribution in [2.45, 2.75) is 6.92 Å². The van der Waals surface area contributed by atoms with Crippen LogP contribution in [0.2, 0.25) is 0 Å². The van der Waals surface area contributed by atoms with E-state index in [1.165, 1.54) is 0 Å². The van der Waals surface area contributed by atoms with Gasteiger partial charge < -0.3 is 9.72 Å². The summed E-state index contributed by atoms with van der Waals surface area (Å²) in [7, 11) is 1.63. The smallest absolute Gasteiger partial charge is 0.161 e. The van der Waals surface area contributed by atoms with Gasteiger partial charge in [-0.2, -0.15) is 0 Å². The zero-order chi connectivity index (χ0) is 11.5. The van der Waals surface area contributed by atoms with Crippen molar-refractivity contribution in [3.8, 4) is 16.9 Å². The third-order valence-electron chi connectivity index (χ3n) is 2.53. The van der Waals surface area contributed by atoms with Crippen LogP contribution in [0.3, 0.4) is 0 Å². The predicted molar refractivity (Wildman–Crippen MR) is 62.8 cm³/mol. The number of ketones is 1. The van der Waals surface area contributed by atoms with E-state index in [0.717, 1.165) is 16.9 Å². The molecule has 16 heavy (non-hydrogen) atoms. The van der Waals surface area contributed by atoms with Gasteiger partial charge in [0.05, 0.1) is 7.11 Å². The van der Waals surface area contributed by atoms with Crippen LogP contribution in [-0.2, 0) is 0 Å². The zero-order valence-corrected chi connectivity index (χ0v) is 9.28. The monoisotopic (exact) mass is 215 g/mol. The number of carbonyl (C=O) groups is 1. The molecule has 1 aromatic carbocycles. The maximum absolute atomic E-state index is 11.4. The summed E-state index contributed by atoms with van der Waals surface area (Å²) < 4.78 is 5.09. The van der Waals surface area contributed by atoms with Gasteiger partial charge in [0.2, 0.25) is 0 Å². The van der Waals surface area contributed by atoms with Gasteiger partial charge in [-0.05, 0) is 24.6 Å². The van der Waals surface area contributed by atoms with Crippen molar-refractivity contribution in [3.05, 3.63) is 42.2 Å². The lowest BCUT2D eigenvalue weighted by Crippen LogP contribution is -1.91. The quantitative estimate of drug-likeness (QED) is 0.800. The highest BCUT2D eigenvalue weighted by Crippen LogP contribution is 2.25. The van der Waals surface area contributed by atoms with E-state index in [-0.39, 0.29) is 5.78 Å². The van der Waals surface area contributed by atoms with Crippen LogP contribution in [0.25, 0.3) is 11.1 Å². The molecule has 1 heterocycles. The Labute approximate surface area is 94.1 Å². The number of nitrogens with one attached hydrogen (secondary N) is 1. The Balaban J connectivity index is 2.42. The molecule has 0 amide bonds. The van der Waals surface area contributed by atoms with Gasteiger partial charge in [0, 0.05) is 23.5 Å². The molecule has 0 unspecified atom stereocenters. The molecule has 0 aliphatic heterocycles. The second kappa shape index (κ2) is 4.23. The number of H-pyrrole nitrogens is 1. The second-order valence-electron chi connectivity index (χ2n) is 3.57. The average molecular weight is 215 g/mol. The maximum atomic E-state index is 11.4. The SMILES string of the molecule is COc1ccc(-c2c[nH]cc2C(C)=O)cc1. The largest absolute Gasteiger partial charge is 0.497 e. The van der Waals surface area contributed by atoms with Crippen LogP contribution in [0.15, 0.2) is 36.7 Å². The molecule has 0 saturated carbocycles.